The molecule has 0 spiro atoms. The van der Waals surface area contributed by atoms with E-state index in [-0.39, 0.29) is 6.04 Å². The van der Waals surface area contributed by atoms with Crippen molar-refractivity contribution in [3.8, 4) is 11.5 Å². The van der Waals surface area contributed by atoms with Gasteiger partial charge in [-0.25, -0.2) is 0 Å². The molecule has 1 aliphatic heterocycles. The SMILES string of the molecule is COc1ccc(CN2CCC(N)C2C)c(OC)c1. The van der Waals surface area contributed by atoms with Gasteiger partial charge in [0.2, 0.25) is 0 Å². The van der Waals surface area contributed by atoms with E-state index in [1.54, 1.807) is 14.2 Å². The van der Waals surface area contributed by atoms with Crippen molar-refractivity contribution in [1.82, 2.24) is 4.90 Å². The highest BCUT2D eigenvalue weighted by Gasteiger charge is 2.28. The zero-order valence-corrected chi connectivity index (χ0v) is 11.3. The van der Waals surface area contributed by atoms with Gasteiger partial charge in [0.15, 0.2) is 0 Å². The number of hydrogen-bond donors (Lipinski definition) is 1. The Hall–Kier alpha value is -1.26. The van der Waals surface area contributed by atoms with Crippen LogP contribution in [0, 0.1) is 0 Å². The first-order valence-corrected chi connectivity index (χ1v) is 6.36. The quantitative estimate of drug-likeness (QED) is 0.882. The fraction of sp³-hybridized carbons (Fsp3) is 0.571. The standard InChI is InChI=1S/C14H22N2O2/c1-10-13(15)6-7-16(10)9-11-4-5-12(17-2)8-14(11)18-3/h4-5,8,10,13H,6-7,9,15H2,1-3H3. The van der Waals surface area contributed by atoms with Crippen molar-refractivity contribution in [3.05, 3.63) is 23.8 Å². The minimum Gasteiger partial charge on any atom is -0.497 e. The van der Waals surface area contributed by atoms with E-state index in [2.05, 4.69) is 17.9 Å². The molecule has 2 unspecified atom stereocenters. The first-order valence-electron chi connectivity index (χ1n) is 6.36. The van der Waals surface area contributed by atoms with E-state index in [9.17, 15) is 0 Å². The molecule has 100 valence electrons. The Bertz CT molecular complexity index is 409. The van der Waals surface area contributed by atoms with Crippen LogP contribution in [0.4, 0.5) is 0 Å². The summed E-state index contributed by atoms with van der Waals surface area (Å²) in [6, 6.07) is 6.67. The Labute approximate surface area is 109 Å². The lowest BCUT2D eigenvalue weighted by atomic mass is 10.1. The molecule has 4 heteroatoms. The van der Waals surface area contributed by atoms with Crippen molar-refractivity contribution in [2.75, 3.05) is 20.8 Å². The smallest absolute Gasteiger partial charge is 0.127 e. The van der Waals surface area contributed by atoms with Crippen LogP contribution >= 0.6 is 0 Å². The highest BCUT2D eigenvalue weighted by molar-refractivity contribution is 5.40. The third-order valence-electron chi connectivity index (χ3n) is 3.81. The molecular weight excluding hydrogens is 228 g/mol. The molecule has 18 heavy (non-hydrogen) atoms. The Morgan fingerprint density at radius 1 is 1.33 bits per heavy atom. The summed E-state index contributed by atoms with van der Waals surface area (Å²) < 4.78 is 10.6. The van der Waals surface area contributed by atoms with E-state index in [0.717, 1.165) is 31.0 Å². The van der Waals surface area contributed by atoms with Gasteiger partial charge in [0.25, 0.3) is 0 Å². The number of ether oxygens (including phenoxy) is 2. The molecule has 0 radical (unpaired) electrons. The van der Waals surface area contributed by atoms with E-state index in [0.29, 0.717) is 6.04 Å². The average Bonchev–Trinajstić information content (AvgIpc) is 2.71. The molecule has 1 fully saturated rings. The van der Waals surface area contributed by atoms with Gasteiger partial charge in [0.1, 0.15) is 11.5 Å². The Kier molecular flexibility index (Phi) is 4.09. The Morgan fingerprint density at radius 3 is 2.67 bits per heavy atom. The number of rotatable bonds is 4. The van der Waals surface area contributed by atoms with Crippen LogP contribution in [0.25, 0.3) is 0 Å². The summed E-state index contributed by atoms with van der Waals surface area (Å²) in [6.07, 6.45) is 1.07. The first-order chi connectivity index (χ1) is 8.65. The predicted octanol–water partition coefficient (Wildman–Crippen LogP) is 1.63. The zero-order chi connectivity index (χ0) is 13.1. The summed E-state index contributed by atoms with van der Waals surface area (Å²) in [4.78, 5) is 2.40. The monoisotopic (exact) mass is 250 g/mol. The van der Waals surface area contributed by atoms with Crippen molar-refractivity contribution in [1.29, 1.82) is 0 Å². The van der Waals surface area contributed by atoms with Crippen LogP contribution in [0.3, 0.4) is 0 Å². The van der Waals surface area contributed by atoms with Gasteiger partial charge in [-0.1, -0.05) is 6.07 Å². The van der Waals surface area contributed by atoms with Crippen LogP contribution in [0.5, 0.6) is 11.5 Å². The molecule has 1 saturated heterocycles. The predicted molar refractivity (Wildman–Crippen MR) is 72.0 cm³/mol. The lowest BCUT2D eigenvalue weighted by Crippen LogP contribution is -2.36. The van der Waals surface area contributed by atoms with Gasteiger partial charge < -0.3 is 15.2 Å². The minimum atomic E-state index is 0.286. The van der Waals surface area contributed by atoms with Gasteiger partial charge in [-0.3, -0.25) is 4.90 Å². The fourth-order valence-electron chi connectivity index (χ4n) is 2.45. The van der Waals surface area contributed by atoms with Crippen LogP contribution in [-0.2, 0) is 6.54 Å². The Morgan fingerprint density at radius 2 is 2.11 bits per heavy atom. The maximum Gasteiger partial charge on any atom is 0.127 e. The molecule has 0 aromatic heterocycles. The van der Waals surface area contributed by atoms with Crippen LogP contribution in [0.1, 0.15) is 18.9 Å². The second-order valence-electron chi connectivity index (χ2n) is 4.84. The van der Waals surface area contributed by atoms with Crippen molar-refractivity contribution in [3.63, 3.8) is 0 Å². The normalized spacial score (nSPS) is 24.2. The molecule has 0 saturated carbocycles. The van der Waals surface area contributed by atoms with Crippen LogP contribution in [-0.4, -0.2) is 37.7 Å². The number of methoxy groups -OCH3 is 2. The summed E-state index contributed by atoms with van der Waals surface area (Å²) in [5, 5.41) is 0. The highest BCUT2D eigenvalue weighted by Crippen LogP contribution is 2.28. The summed E-state index contributed by atoms with van der Waals surface area (Å²) >= 11 is 0. The highest BCUT2D eigenvalue weighted by atomic mass is 16.5. The van der Waals surface area contributed by atoms with Crippen molar-refractivity contribution in [2.45, 2.75) is 32.0 Å². The number of nitrogens with zero attached hydrogens (tertiary/aromatic N) is 1. The van der Waals surface area contributed by atoms with Gasteiger partial charge in [0, 0.05) is 36.8 Å². The average molecular weight is 250 g/mol. The molecule has 0 amide bonds. The lowest BCUT2D eigenvalue weighted by molar-refractivity contribution is 0.247. The van der Waals surface area contributed by atoms with Gasteiger partial charge in [0.05, 0.1) is 14.2 Å². The minimum absolute atomic E-state index is 0.286. The summed E-state index contributed by atoms with van der Waals surface area (Å²) in [5.74, 6) is 1.70. The number of hydrogen-bond acceptors (Lipinski definition) is 4. The van der Waals surface area contributed by atoms with E-state index >= 15 is 0 Å². The van der Waals surface area contributed by atoms with E-state index in [1.807, 2.05) is 12.1 Å². The molecule has 4 nitrogen and oxygen atoms in total. The second-order valence-corrected chi connectivity index (χ2v) is 4.84. The molecule has 1 aromatic carbocycles. The maximum atomic E-state index is 6.05. The van der Waals surface area contributed by atoms with Crippen LogP contribution in [0.2, 0.25) is 0 Å². The molecule has 2 N–H and O–H groups in total. The van der Waals surface area contributed by atoms with Crippen molar-refractivity contribution in [2.24, 2.45) is 5.73 Å². The molecule has 1 aliphatic rings. The topological polar surface area (TPSA) is 47.7 Å². The number of likely N-dealkylation sites (tertiary alicyclic amines) is 1. The Balaban J connectivity index is 2.13. The van der Waals surface area contributed by atoms with Crippen LogP contribution in [0.15, 0.2) is 18.2 Å². The number of benzene rings is 1. The van der Waals surface area contributed by atoms with E-state index in [4.69, 9.17) is 15.2 Å². The van der Waals surface area contributed by atoms with Crippen molar-refractivity contribution >= 4 is 0 Å². The van der Waals surface area contributed by atoms with Gasteiger partial charge >= 0.3 is 0 Å². The maximum absolute atomic E-state index is 6.05. The summed E-state index contributed by atoms with van der Waals surface area (Å²) in [6.45, 7) is 4.12. The van der Waals surface area contributed by atoms with Gasteiger partial charge in [-0.15, -0.1) is 0 Å². The molecule has 1 aromatic rings. The van der Waals surface area contributed by atoms with E-state index in [1.165, 1.54) is 5.56 Å². The fourth-order valence-corrected chi connectivity index (χ4v) is 2.45. The van der Waals surface area contributed by atoms with Gasteiger partial charge in [-0.05, 0) is 19.4 Å². The summed E-state index contributed by atoms with van der Waals surface area (Å²) in [7, 11) is 3.35. The lowest BCUT2D eigenvalue weighted by Gasteiger charge is -2.24. The molecule has 0 bridgehead atoms. The van der Waals surface area contributed by atoms with Gasteiger partial charge in [-0.2, -0.15) is 0 Å². The molecular formula is C14H22N2O2. The third-order valence-corrected chi connectivity index (χ3v) is 3.81. The van der Waals surface area contributed by atoms with Crippen molar-refractivity contribution < 1.29 is 9.47 Å². The van der Waals surface area contributed by atoms with E-state index < -0.39 is 0 Å². The molecule has 2 rings (SSSR count). The zero-order valence-electron chi connectivity index (χ0n) is 11.3. The second kappa shape index (κ2) is 5.59. The molecule has 0 aliphatic carbocycles. The molecule has 1 heterocycles. The first kappa shape index (κ1) is 13.2. The largest absolute Gasteiger partial charge is 0.497 e. The van der Waals surface area contributed by atoms with Crippen LogP contribution < -0.4 is 15.2 Å². The number of nitrogens with two attached hydrogens (primary N) is 1. The molecule has 2 atom stereocenters. The third kappa shape index (κ3) is 2.60. The summed E-state index contributed by atoms with van der Waals surface area (Å²) in [5.41, 5.74) is 7.23.